The third-order valence-electron chi connectivity index (χ3n) is 7.53. The fourth-order valence-corrected chi connectivity index (χ4v) is 5.81. The summed E-state index contributed by atoms with van der Waals surface area (Å²) in [6.45, 7) is 9.75. The number of aromatic nitrogens is 2. The lowest BCUT2D eigenvalue weighted by molar-refractivity contribution is -0.129. The first-order valence-corrected chi connectivity index (χ1v) is 14.0. The number of hydrogen-bond donors (Lipinski definition) is 2. The molecule has 1 atom stereocenters. The van der Waals surface area contributed by atoms with Crippen LogP contribution in [0.2, 0.25) is 0 Å². The van der Waals surface area contributed by atoms with Gasteiger partial charge in [-0.1, -0.05) is 24.3 Å². The molecule has 1 unspecified atom stereocenters. The minimum atomic E-state index is -0.533. The lowest BCUT2D eigenvalue weighted by Gasteiger charge is -2.37. The molecule has 2 aliphatic rings. The average molecular weight is 615 g/mol. The molecule has 0 saturated carbocycles. The number of benzene rings is 2. The Morgan fingerprint density at radius 1 is 1.11 bits per heavy atom. The summed E-state index contributed by atoms with van der Waals surface area (Å²) in [5, 5.41) is 16.0. The maximum absolute atomic E-state index is 12.1. The van der Waals surface area contributed by atoms with Gasteiger partial charge in [0, 0.05) is 90.9 Å². The number of hydrogen-bond acceptors (Lipinski definition) is 6. The second kappa shape index (κ2) is 11.0. The second-order valence-corrected chi connectivity index (χ2v) is 11.3. The van der Waals surface area contributed by atoms with E-state index in [0.717, 1.165) is 58.7 Å². The summed E-state index contributed by atoms with van der Waals surface area (Å²) in [6, 6.07) is 14.5. The summed E-state index contributed by atoms with van der Waals surface area (Å²) in [6.07, 6.45) is 0.193. The van der Waals surface area contributed by atoms with Crippen molar-refractivity contribution >= 4 is 39.9 Å². The molecule has 196 valence electrons. The maximum Gasteiger partial charge on any atom is 0.219 e. The van der Waals surface area contributed by atoms with Crippen LogP contribution < -0.4 is 10.6 Å². The molecule has 0 radical (unpaired) electrons. The Morgan fingerprint density at radius 3 is 2.57 bits per heavy atom. The van der Waals surface area contributed by atoms with Gasteiger partial charge in [0.05, 0.1) is 18.3 Å². The molecule has 0 spiro atoms. The van der Waals surface area contributed by atoms with Crippen molar-refractivity contribution in [3.63, 3.8) is 0 Å². The Labute approximate surface area is 232 Å². The third kappa shape index (κ3) is 5.63. The first-order valence-electron chi connectivity index (χ1n) is 12.9. The number of piperazine rings is 1. The number of nitrogen functional groups attached to an aromatic ring is 1. The number of carbonyl (C=O) groups excluding carboxylic acids is 1. The number of aryl methyl sites for hydroxylation is 1. The van der Waals surface area contributed by atoms with E-state index in [4.69, 9.17) is 10.8 Å². The molecule has 3 aromatic rings. The fourth-order valence-electron chi connectivity index (χ4n) is 5.48. The van der Waals surface area contributed by atoms with E-state index in [9.17, 15) is 9.90 Å². The number of para-hydroxylation sites is 1. The minimum Gasteiger partial charge on any atom is -0.398 e. The molecule has 3 N–H and O–H groups in total. The van der Waals surface area contributed by atoms with Crippen molar-refractivity contribution in [2.24, 2.45) is 0 Å². The predicted octanol–water partition coefficient (Wildman–Crippen LogP) is 3.13. The largest absolute Gasteiger partial charge is 0.398 e. The van der Waals surface area contributed by atoms with Gasteiger partial charge in [0.15, 0.2) is 0 Å². The van der Waals surface area contributed by atoms with E-state index in [1.165, 1.54) is 11.3 Å². The van der Waals surface area contributed by atoms with Crippen LogP contribution in [0, 0.1) is 10.5 Å². The SMILES string of the molecule is CC(=O)N1CCc2c(c(-c3ccc(I)c(N)c3)nn2CC(O)CN2CCN(c3ccccc3C)CC2)C1. The quantitative estimate of drug-likeness (QED) is 0.328. The van der Waals surface area contributed by atoms with Crippen LogP contribution in [0.5, 0.6) is 0 Å². The molecule has 5 rings (SSSR count). The number of fused-ring (bicyclic) bond motifs is 1. The second-order valence-electron chi connectivity index (χ2n) is 10.1. The lowest BCUT2D eigenvalue weighted by Crippen LogP contribution is -2.49. The van der Waals surface area contributed by atoms with E-state index >= 15 is 0 Å². The van der Waals surface area contributed by atoms with Gasteiger partial charge in [0.25, 0.3) is 0 Å². The van der Waals surface area contributed by atoms with E-state index < -0.39 is 6.10 Å². The molecule has 2 aliphatic heterocycles. The molecular formula is C28H35IN6O2. The number of aliphatic hydroxyl groups is 1. The van der Waals surface area contributed by atoms with E-state index in [-0.39, 0.29) is 5.91 Å². The predicted molar refractivity (Wildman–Crippen MR) is 155 cm³/mol. The Balaban J connectivity index is 1.29. The zero-order valence-electron chi connectivity index (χ0n) is 21.5. The van der Waals surface area contributed by atoms with Crippen molar-refractivity contribution in [1.82, 2.24) is 19.6 Å². The van der Waals surface area contributed by atoms with Gasteiger partial charge in [0.2, 0.25) is 5.91 Å². The van der Waals surface area contributed by atoms with Crippen LogP contribution >= 0.6 is 22.6 Å². The van der Waals surface area contributed by atoms with Gasteiger partial charge < -0.3 is 20.6 Å². The topological polar surface area (TPSA) is 90.9 Å². The average Bonchev–Trinajstić information content (AvgIpc) is 3.24. The first kappa shape index (κ1) is 26.0. The number of β-amino-alcohol motifs (C(OH)–C–C–N with tert-alkyl or cyclic N) is 1. The molecule has 37 heavy (non-hydrogen) atoms. The molecule has 2 aromatic carbocycles. The van der Waals surface area contributed by atoms with E-state index in [1.54, 1.807) is 6.92 Å². The van der Waals surface area contributed by atoms with Crippen molar-refractivity contribution in [3.8, 4) is 11.3 Å². The molecule has 9 heteroatoms. The van der Waals surface area contributed by atoms with Crippen LogP contribution in [0.15, 0.2) is 42.5 Å². The van der Waals surface area contributed by atoms with E-state index in [2.05, 4.69) is 63.6 Å². The lowest BCUT2D eigenvalue weighted by atomic mass is 10.0. The van der Waals surface area contributed by atoms with Crippen molar-refractivity contribution in [1.29, 1.82) is 0 Å². The monoisotopic (exact) mass is 614 g/mol. The van der Waals surface area contributed by atoms with Gasteiger partial charge >= 0.3 is 0 Å². The molecule has 1 saturated heterocycles. The molecule has 1 aromatic heterocycles. The van der Waals surface area contributed by atoms with E-state index in [1.807, 2.05) is 27.8 Å². The number of anilines is 2. The first-order chi connectivity index (χ1) is 17.8. The maximum atomic E-state index is 12.1. The highest BCUT2D eigenvalue weighted by atomic mass is 127. The highest BCUT2D eigenvalue weighted by Crippen LogP contribution is 2.32. The number of nitrogens with zero attached hydrogens (tertiary/aromatic N) is 5. The number of rotatable bonds is 6. The molecule has 3 heterocycles. The summed E-state index contributed by atoms with van der Waals surface area (Å²) in [7, 11) is 0. The summed E-state index contributed by atoms with van der Waals surface area (Å²) < 4.78 is 2.96. The van der Waals surface area contributed by atoms with Gasteiger partial charge in [-0.15, -0.1) is 0 Å². The minimum absolute atomic E-state index is 0.0661. The molecule has 0 bridgehead atoms. The zero-order valence-corrected chi connectivity index (χ0v) is 23.7. The van der Waals surface area contributed by atoms with Crippen molar-refractivity contribution in [2.75, 3.05) is 49.9 Å². The highest BCUT2D eigenvalue weighted by Gasteiger charge is 2.28. The Morgan fingerprint density at radius 2 is 1.86 bits per heavy atom. The van der Waals surface area contributed by atoms with Crippen LogP contribution in [-0.4, -0.2) is 76.0 Å². The van der Waals surface area contributed by atoms with Crippen LogP contribution in [0.3, 0.4) is 0 Å². The Hall–Kier alpha value is -2.63. The van der Waals surface area contributed by atoms with Crippen molar-refractivity contribution < 1.29 is 9.90 Å². The van der Waals surface area contributed by atoms with Crippen LogP contribution in [0.4, 0.5) is 11.4 Å². The van der Waals surface area contributed by atoms with Gasteiger partial charge in [-0.2, -0.15) is 5.10 Å². The van der Waals surface area contributed by atoms with Crippen molar-refractivity contribution in [3.05, 3.63) is 62.9 Å². The molecule has 8 nitrogen and oxygen atoms in total. The summed E-state index contributed by atoms with van der Waals surface area (Å²) >= 11 is 2.22. The van der Waals surface area contributed by atoms with E-state index in [0.29, 0.717) is 31.9 Å². The molecular weight excluding hydrogens is 579 g/mol. The normalized spacial score (nSPS) is 17.1. The van der Waals surface area contributed by atoms with Gasteiger partial charge in [-0.25, -0.2) is 0 Å². The van der Waals surface area contributed by atoms with Crippen molar-refractivity contribution in [2.45, 2.75) is 39.5 Å². The number of aliphatic hydroxyl groups excluding tert-OH is 1. The van der Waals surface area contributed by atoms with Gasteiger partial charge in [-0.05, 0) is 53.3 Å². The molecule has 0 aliphatic carbocycles. The standard InChI is InChI=1S/C28H35IN6O2/c1-19-5-3-4-6-26(19)33-13-11-32(12-14-33)16-22(37)17-35-27-9-10-34(20(2)36)18-23(27)28(31-35)21-7-8-24(29)25(30)15-21/h3-8,15,22,37H,9-14,16-18,30H2,1-2H3. The fraction of sp³-hybridized carbons (Fsp3) is 0.429. The Bertz CT molecular complexity index is 1280. The summed E-state index contributed by atoms with van der Waals surface area (Å²) in [5.74, 6) is 0.0661. The summed E-state index contributed by atoms with van der Waals surface area (Å²) in [4.78, 5) is 18.8. The third-order valence-corrected chi connectivity index (χ3v) is 8.51. The smallest absolute Gasteiger partial charge is 0.219 e. The van der Waals surface area contributed by atoms with Crippen LogP contribution in [0.1, 0.15) is 23.7 Å². The summed E-state index contributed by atoms with van der Waals surface area (Å²) in [5.41, 5.74) is 13.5. The highest BCUT2D eigenvalue weighted by molar-refractivity contribution is 14.1. The number of carbonyl (C=O) groups is 1. The van der Waals surface area contributed by atoms with Crippen LogP contribution in [0.25, 0.3) is 11.3 Å². The molecule has 1 fully saturated rings. The number of halogens is 1. The zero-order chi connectivity index (χ0) is 26.1. The number of amides is 1. The van der Waals surface area contributed by atoms with Gasteiger partial charge in [-0.3, -0.25) is 14.4 Å². The Kier molecular flexibility index (Phi) is 7.73. The van der Waals surface area contributed by atoms with Gasteiger partial charge in [0.1, 0.15) is 0 Å². The number of nitrogens with two attached hydrogens (primary N) is 1. The molecule has 1 amide bonds. The van der Waals surface area contributed by atoms with Crippen LogP contribution in [-0.2, 0) is 24.3 Å².